The van der Waals surface area contributed by atoms with Gasteiger partial charge in [-0.3, -0.25) is 0 Å². The normalized spacial score (nSPS) is 21.3. The molecule has 3 atom stereocenters. The first-order chi connectivity index (χ1) is 20.7. The fraction of sp³-hybridized carbons (Fsp3) is 0.595. The zero-order valence-electron chi connectivity index (χ0n) is 28.8. The van der Waals surface area contributed by atoms with Crippen molar-refractivity contribution in [2.75, 3.05) is 0 Å². The topological polar surface area (TPSA) is 0 Å². The van der Waals surface area contributed by atoms with E-state index in [1.165, 1.54) is 76.1 Å². The van der Waals surface area contributed by atoms with Crippen LogP contribution in [0.3, 0.4) is 0 Å². The van der Waals surface area contributed by atoms with Crippen LogP contribution in [0.2, 0.25) is 0 Å². The van der Waals surface area contributed by atoms with Crippen LogP contribution >= 0.6 is 12.2 Å². The van der Waals surface area contributed by atoms with Gasteiger partial charge in [-0.2, -0.15) is 0 Å². The molecule has 0 bridgehead atoms. The molecule has 1 heteroatoms. The van der Waals surface area contributed by atoms with Crippen LogP contribution < -0.4 is 10.4 Å². The molecule has 0 saturated heterocycles. The first kappa shape index (κ1) is 33.9. The minimum Gasteiger partial charge on any atom is -0.0897 e. The van der Waals surface area contributed by atoms with Crippen LogP contribution in [-0.4, -0.2) is 4.86 Å². The van der Waals surface area contributed by atoms with Gasteiger partial charge in [-0.1, -0.05) is 141 Å². The Morgan fingerprint density at radius 3 is 2.28 bits per heavy atom. The van der Waals surface area contributed by atoms with E-state index in [0.717, 1.165) is 44.4 Å². The van der Waals surface area contributed by atoms with Gasteiger partial charge in [0.05, 0.1) is 0 Å². The molecular formula is C42H60S. The molecule has 2 aromatic rings. The maximum atomic E-state index is 6.18. The van der Waals surface area contributed by atoms with E-state index in [4.69, 9.17) is 12.2 Å². The molecule has 0 aliphatic heterocycles. The average Bonchev–Trinajstić information content (AvgIpc) is 3.01. The van der Waals surface area contributed by atoms with E-state index >= 15 is 0 Å². The van der Waals surface area contributed by atoms with Crippen molar-refractivity contribution in [3.05, 3.63) is 81.2 Å². The Balaban J connectivity index is 1.84. The molecule has 0 N–H and O–H groups in total. The molecular weight excluding hydrogens is 537 g/mol. The standard InChI is InChI=1S/C42H60S/c1-9-30(10-2)18-15-19-37(43)28-40-29(7)17-16-24-42(40,8)41-38-22-20-33(31(11-3)12-4)25-35(38)27-36-26-34(21-23-39(36)41)32(13-5)14-6/h16-17,20-23,25-26,29-31,40H,9-15,18-19,24,27-28H2,1-8H3. The first-order valence-electron chi connectivity index (χ1n) is 17.9. The van der Waals surface area contributed by atoms with Gasteiger partial charge in [0.15, 0.2) is 0 Å². The Kier molecular flexibility index (Phi) is 12.1. The van der Waals surface area contributed by atoms with Crippen LogP contribution in [0.15, 0.2) is 48.6 Å². The van der Waals surface area contributed by atoms with Crippen LogP contribution in [0.1, 0.15) is 154 Å². The highest BCUT2D eigenvalue weighted by Crippen LogP contribution is 2.52. The second kappa shape index (κ2) is 15.3. The van der Waals surface area contributed by atoms with Crippen molar-refractivity contribution >= 4 is 28.2 Å². The zero-order valence-corrected chi connectivity index (χ0v) is 29.6. The molecule has 4 rings (SSSR count). The lowest BCUT2D eigenvalue weighted by Crippen LogP contribution is -2.41. The number of rotatable bonds is 14. The average molecular weight is 597 g/mol. The Labute approximate surface area is 270 Å². The smallest absolute Gasteiger partial charge is 0.000831 e. The molecule has 0 amide bonds. The van der Waals surface area contributed by atoms with E-state index < -0.39 is 0 Å². The fourth-order valence-corrected chi connectivity index (χ4v) is 8.89. The second-order valence-electron chi connectivity index (χ2n) is 14.0. The summed E-state index contributed by atoms with van der Waals surface area (Å²) in [5.74, 6) is 2.52. The summed E-state index contributed by atoms with van der Waals surface area (Å²) in [7, 11) is 0. The van der Waals surface area contributed by atoms with Crippen LogP contribution in [0.4, 0.5) is 0 Å². The van der Waals surface area contributed by atoms with E-state index in [1.807, 2.05) is 0 Å². The van der Waals surface area contributed by atoms with Gasteiger partial charge in [-0.05, 0) is 125 Å². The van der Waals surface area contributed by atoms with Crippen LogP contribution in [0.25, 0.3) is 11.1 Å². The SMILES string of the molecule is CCC(CC)=c1ccc2c(c1)Cc1cc(C(CC)CC)ccc1C=2C1(C)CC=CC(C)C1CC(=S)CCCC(CC)CC. The summed E-state index contributed by atoms with van der Waals surface area (Å²) < 4.78 is 0. The zero-order chi connectivity index (χ0) is 31.1. The predicted molar refractivity (Wildman–Crippen MR) is 194 cm³/mol. The molecule has 234 valence electrons. The Morgan fingerprint density at radius 2 is 1.63 bits per heavy atom. The van der Waals surface area contributed by atoms with Crippen molar-refractivity contribution < 1.29 is 0 Å². The maximum absolute atomic E-state index is 6.18. The minimum atomic E-state index is 0.0392. The third-order valence-corrected chi connectivity index (χ3v) is 11.9. The number of benzene rings is 2. The van der Waals surface area contributed by atoms with Crippen molar-refractivity contribution in [2.45, 2.75) is 138 Å². The molecule has 0 saturated carbocycles. The lowest BCUT2D eigenvalue weighted by atomic mass is 9.58. The first-order valence-corrected chi connectivity index (χ1v) is 18.3. The van der Waals surface area contributed by atoms with E-state index in [2.05, 4.69) is 104 Å². The van der Waals surface area contributed by atoms with Gasteiger partial charge in [-0.15, -0.1) is 0 Å². The van der Waals surface area contributed by atoms with Crippen molar-refractivity contribution in [3.8, 4) is 0 Å². The van der Waals surface area contributed by atoms with Crippen LogP contribution in [-0.2, 0) is 6.42 Å². The number of fused-ring (bicyclic) bond motifs is 2. The van der Waals surface area contributed by atoms with Crippen LogP contribution in [0.5, 0.6) is 0 Å². The summed E-state index contributed by atoms with van der Waals surface area (Å²) in [6.07, 6.45) is 19.0. The van der Waals surface area contributed by atoms with Gasteiger partial charge in [0.2, 0.25) is 0 Å². The van der Waals surface area contributed by atoms with E-state index in [9.17, 15) is 0 Å². The van der Waals surface area contributed by atoms with Crippen molar-refractivity contribution in [1.29, 1.82) is 0 Å². The largest absolute Gasteiger partial charge is 0.0897 e. The van der Waals surface area contributed by atoms with Crippen molar-refractivity contribution in [3.63, 3.8) is 0 Å². The lowest BCUT2D eigenvalue weighted by Gasteiger charge is -2.46. The van der Waals surface area contributed by atoms with Gasteiger partial charge in [0.25, 0.3) is 0 Å². The quantitative estimate of drug-likeness (QED) is 0.154. The molecule has 0 radical (unpaired) electrons. The summed E-state index contributed by atoms with van der Waals surface area (Å²) in [6, 6.07) is 15.0. The third kappa shape index (κ3) is 7.30. The van der Waals surface area contributed by atoms with Gasteiger partial charge in [-0.25, -0.2) is 0 Å². The van der Waals surface area contributed by atoms with E-state index in [1.54, 1.807) is 11.1 Å². The highest BCUT2D eigenvalue weighted by molar-refractivity contribution is 7.80. The van der Waals surface area contributed by atoms with E-state index in [0.29, 0.717) is 17.8 Å². The number of hydrogen-bond acceptors (Lipinski definition) is 1. The third-order valence-electron chi connectivity index (χ3n) is 11.5. The number of thiocarbonyl (C=S) groups is 1. The molecule has 0 fully saturated rings. The molecule has 0 aromatic heterocycles. The van der Waals surface area contributed by atoms with Gasteiger partial charge >= 0.3 is 0 Å². The minimum absolute atomic E-state index is 0.0392. The summed E-state index contributed by atoms with van der Waals surface area (Å²) in [6.45, 7) is 19.0. The predicted octanol–water partition coefficient (Wildman–Crippen LogP) is 11.2. The molecule has 0 heterocycles. The second-order valence-corrected chi connectivity index (χ2v) is 14.6. The highest BCUT2D eigenvalue weighted by Gasteiger charge is 2.43. The maximum Gasteiger partial charge on any atom is 0.000831 e. The Hall–Kier alpha value is -1.99. The molecule has 3 unspecified atom stereocenters. The van der Waals surface area contributed by atoms with E-state index in [-0.39, 0.29) is 5.41 Å². The monoisotopic (exact) mass is 596 g/mol. The van der Waals surface area contributed by atoms with Crippen molar-refractivity contribution in [1.82, 2.24) is 0 Å². The number of hydrogen-bond donors (Lipinski definition) is 0. The molecule has 2 aromatic carbocycles. The molecule has 0 nitrogen and oxygen atoms in total. The molecule has 2 aliphatic rings. The highest BCUT2D eigenvalue weighted by atomic mass is 32.1. The molecule has 0 spiro atoms. The Bertz CT molecular complexity index is 1390. The van der Waals surface area contributed by atoms with Crippen molar-refractivity contribution in [2.24, 2.45) is 23.2 Å². The summed E-state index contributed by atoms with van der Waals surface area (Å²) in [5.41, 5.74) is 9.27. The molecule has 2 aliphatic carbocycles. The van der Waals surface area contributed by atoms with Gasteiger partial charge < -0.3 is 0 Å². The lowest BCUT2D eigenvalue weighted by molar-refractivity contribution is 0.212. The van der Waals surface area contributed by atoms with Gasteiger partial charge in [0.1, 0.15) is 0 Å². The van der Waals surface area contributed by atoms with Gasteiger partial charge in [0, 0.05) is 5.41 Å². The number of allylic oxidation sites excluding steroid dienone is 2. The summed E-state index contributed by atoms with van der Waals surface area (Å²) >= 11 is 6.18. The summed E-state index contributed by atoms with van der Waals surface area (Å²) in [5, 5.41) is 2.94. The Morgan fingerprint density at radius 1 is 0.907 bits per heavy atom. The summed E-state index contributed by atoms with van der Waals surface area (Å²) in [4.78, 5) is 1.30. The molecule has 43 heavy (non-hydrogen) atoms. The van der Waals surface area contributed by atoms with Crippen LogP contribution in [0, 0.1) is 23.2 Å². The fourth-order valence-electron chi connectivity index (χ4n) is 8.57.